The average molecular weight is 803 g/mol. The summed E-state index contributed by atoms with van der Waals surface area (Å²) in [5.74, 6) is -2.54. The first-order valence-corrected chi connectivity index (χ1v) is 20.7. The molecule has 1 aromatic rings. The van der Waals surface area contributed by atoms with Crippen LogP contribution in [0.2, 0.25) is 0 Å². The number of hydrogen-bond acceptors (Lipinski definition) is 10. The molecule has 0 saturated carbocycles. The molecular weight excluding hydrogens is 729 g/mol. The Labute approximate surface area is 342 Å². The van der Waals surface area contributed by atoms with Crippen molar-refractivity contribution in [1.29, 1.82) is 0 Å². The molecule has 14 nitrogen and oxygen atoms in total. The van der Waals surface area contributed by atoms with Gasteiger partial charge >= 0.3 is 5.97 Å². The van der Waals surface area contributed by atoms with Crippen LogP contribution in [-0.2, 0) is 44.6 Å². The molecule has 1 saturated heterocycles. The fourth-order valence-corrected chi connectivity index (χ4v) is 8.09. The summed E-state index contributed by atoms with van der Waals surface area (Å²) in [4.78, 5) is 74.4. The summed E-state index contributed by atoms with van der Waals surface area (Å²) < 4.78 is 17.5. The van der Waals surface area contributed by atoms with Gasteiger partial charge in [0.25, 0.3) is 0 Å². The van der Waals surface area contributed by atoms with E-state index in [0.29, 0.717) is 13.0 Å². The van der Waals surface area contributed by atoms with Crippen molar-refractivity contribution in [2.75, 3.05) is 48.5 Å². The monoisotopic (exact) mass is 803 g/mol. The van der Waals surface area contributed by atoms with E-state index in [1.807, 2.05) is 90.9 Å². The van der Waals surface area contributed by atoms with E-state index in [9.17, 15) is 24.0 Å². The Hall–Kier alpha value is -3.59. The van der Waals surface area contributed by atoms with Gasteiger partial charge in [-0.3, -0.25) is 24.1 Å². The number of esters is 1. The zero-order chi connectivity index (χ0) is 43.1. The van der Waals surface area contributed by atoms with Crippen LogP contribution in [0.3, 0.4) is 0 Å². The zero-order valence-corrected chi connectivity index (χ0v) is 36.9. The Morgan fingerprint density at radius 3 is 2.04 bits per heavy atom. The molecule has 324 valence electrons. The number of carbonyl (C=O) groups is 5. The lowest BCUT2D eigenvalue weighted by Gasteiger charge is -2.41. The van der Waals surface area contributed by atoms with E-state index < -0.39 is 66.3 Å². The maximum atomic E-state index is 14.3. The summed E-state index contributed by atoms with van der Waals surface area (Å²) in [5.41, 5.74) is 6.56. The maximum absolute atomic E-state index is 14.3. The molecule has 0 radical (unpaired) electrons. The Kier molecular flexibility index (Phi) is 20.6. The number of amides is 4. The number of hydrogen-bond donors (Lipinski definition) is 3. The van der Waals surface area contributed by atoms with Gasteiger partial charge in [-0.15, -0.1) is 0 Å². The predicted octanol–water partition coefficient (Wildman–Crippen LogP) is 3.25. The molecule has 0 spiro atoms. The number of nitrogens with zero attached hydrogens (tertiary/aromatic N) is 3. The van der Waals surface area contributed by atoms with Gasteiger partial charge in [-0.05, 0) is 57.2 Å². The summed E-state index contributed by atoms with van der Waals surface area (Å²) >= 11 is 0. The van der Waals surface area contributed by atoms with Crippen LogP contribution in [0.5, 0.6) is 0 Å². The number of methoxy groups -OCH3 is 2. The van der Waals surface area contributed by atoms with Crippen molar-refractivity contribution in [3.05, 3.63) is 35.9 Å². The number of likely N-dealkylation sites (tertiary alicyclic amines) is 1. The summed E-state index contributed by atoms with van der Waals surface area (Å²) in [6, 6.07) is 6.34. The standard InChI is InChI=1S/C43H74N6O8/c1-14-28(6)38(48(11)42(53)36(26(2)3)46-41(52)37(27(4)5)47(9)10)34(55-12)24-35(50)49-22-18-21-33(49)39(56-13)30(8)40(51)45-32(43(54)57-29(7)25-44)23-31-19-16-15-17-20-31/h15-17,19-20,26-30,32-34,36-39H,14,18,21-25,44H2,1-13H3,(H,45,51)(H,46,52)/t28-,29?,30+,32-,33-,34+,36-,37-,38-,39+/m0/s1. The summed E-state index contributed by atoms with van der Waals surface area (Å²) in [6.07, 6.45) is 0.439. The van der Waals surface area contributed by atoms with Gasteiger partial charge in [0, 0.05) is 40.8 Å². The van der Waals surface area contributed by atoms with Crippen molar-refractivity contribution in [3.8, 4) is 0 Å². The fraction of sp³-hybridized carbons (Fsp3) is 0.744. The van der Waals surface area contributed by atoms with Crippen molar-refractivity contribution in [1.82, 2.24) is 25.3 Å². The zero-order valence-electron chi connectivity index (χ0n) is 36.9. The Morgan fingerprint density at radius 1 is 0.895 bits per heavy atom. The first kappa shape index (κ1) is 49.6. The van der Waals surface area contributed by atoms with E-state index in [0.717, 1.165) is 18.4 Å². The summed E-state index contributed by atoms with van der Waals surface area (Å²) in [6.45, 7) is 15.9. The first-order chi connectivity index (χ1) is 26.8. The molecule has 1 heterocycles. The highest BCUT2D eigenvalue weighted by Gasteiger charge is 2.43. The number of likely N-dealkylation sites (N-methyl/N-ethyl adjacent to an activating group) is 2. The second-order valence-corrected chi connectivity index (χ2v) is 16.7. The third-order valence-electron chi connectivity index (χ3n) is 11.5. The lowest BCUT2D eigenvalue weighted by Crippen LogP contribution is -2.59. The van der Waals surface area contributed by atoms with Crippen molar-refractivity contribution in [3.63, 3.8) is 0 Å². The lowest BCUT2D eigenvalue weighted by atomic mass is 9.89. The highest BCUT2D eigenvalue weighted by Crippen LogP contribution is 2.30. The van der Waals surface area contributed by atoms with Gasteiger partial charge in [0.2, 0.25) is 23.6 Å². The minimum Gasteiger partial charge on any atom is -0.460 e. The van der Waals surface area contributed by atoms with Crippen LogP contribution < -0.4 is 16.4 Å². The third kappa shape index (κ3) is 13.8. The largest absolute Gasteiger partial charge is 0.460 e. The van der Waals surface area contributed by atoms with Gasteiger partial charge in [-0.2, -0.15) is 0 Å². The Balaban J connectivity index is 2.31. The minimum atomic E-state index is -0.956. The van der Waals surface area contributed by atoms with Crippen molar-refractivity contribution >= 4 is 29.6 Å². The molecule has 2 rings (SSSR count). The molecule has 1 aromatic carbocycles. The second-order valence-electron chi connectivity index (χ2n) is 16.7. The van der Waals surface area contributed by atoms with Crippen LogP contribution in [0, 0.1) is 23.7 Å². The van der Waals surface area contributed by atoms with E-state index in [4.69, 9.17) is 19.9 Å². The van der Waals surface area contributed by atoms with E-state index in [1.165, 1.54) is 7.11 Å². The molecular formula is C43H74N6O8. The van der Waals surface area contributed by atoms with Gasteiger partial charge in [-0.25, -0.2) is 4.79 Å². The van der Waals surface area contributed by atoms with Crippen LogP contribution in [0.15, 0.2) is 30.3 Å². The molecule has 10 atom stereocenters. The second kappa shape index (κ2) is 23.7. The normalized spacial score (nSPS) is 19.2. The molecule has 0 aromatic heterocycles. The van der Waals surface area contributed by atoms with Gasteiger partial charge in [0.1, 0.15) is 18.2 Å². The van der Waals surface area contributed by atoms with E-state index in [-0.39, 0.29) is 54.9 Å². The highest BCUT2D eigenvalue weighted by molar-refractivity contribution is 5.90. The summed E-state index contributed by atoms with van der Waals surface area (Å²) in [7, 11) is 8.50. The molecule has 0 aliphatic carbocycles. The molecule has 4 N–H and O–H groups in total. The average Bonchev–Trinajstić information content (AvgIpc) is 3.65. The van der Waals surface area contributed by atoms with Crippen LogP contribution in [0.1, 0.15) is 86.6 Å². The molecule has 57 heavy (non-hydrogen) atoms. The molecule has 1 aliphatic rings. The predicted molar refractivity (Wildman–Crippen MR) is 222 cm³/mol. The van der Waals surface area contributed by atoms with E-state index >= 15 is 0 Å². The SMILES string of the molecule is CC[C@H](C)[C@@H]([C@@H](CC(=O)N1CCC[C@H]1[C@H](OC)[C@@H](C)C(=O)N[C@@H](Cc1ccccc1)C(=O)OC(C)CN)OC)N(C)C(=O)[C@@H](NC(=O)[C@H](C(C)C)N(C)C)C(C)C. The quantitative estimate of drug-likeness (QED) is 0.140. The number of carbonyl (C=O) groups excluding carboxylic acids is 5. The van der Waals surface area contributed by atoms with Crippen LogP contribution in [-0.4, -0.2) is 141 Å². The number of nitrogens with two attached hydrogens (primary N) is 1. The van der Waals surface area contributed by atoms with Gasteiger partial charge in [0.15, 0.2) is 0 Å². The minimum absolute atomic E-state index is 0.00425. The van der Waals surface area contributed by atoms with Gasteiger partial charge in [0.05, 0.1) is 42.7 Å². The number of benzene rings is 1. The number of nitrogens with one attached hydrogen (secondary N) is 2. The fourth-order valence-electron chi connectivity index (χ4n) is 8.09. The molecule has 4 amide bonds. The smallest absolute Gasteiger partial charge is 0.329 e. The van der Waals surface area contributed by atoms with Crippen LogP contribution >= 0.6 is 0 Å². The van der Waals surface area contributed by atoms with Gasteiger partial charge in [-0.1, -0.05) is 85.2 Å². The topological polar surface area (TPSA) is 173 Å². The van der Waals surface area contributed by atoms with Crippen LogP contribution in [0.25, 0.3) is 0 Å². The lowest BCUT2D eigenvalue weighted by molar-refractivity contribution is -0.153. The van der Waals surface area contributed by atoms with E-state index in [2.05, 4.69) is 10.6 Å². The molecule has 1 aliphatic heterocycles. The molecule has 1 unspecified atom stereocenters. The Morgan fingerprint density at radius 2 is 1.53 bits per heavy atom. The molecule has 14 heteroatoms. The van der Waals surface area contributed by atoms with Crippen molar-refractivity contribution in [2.24, 2.45) is 29.4 Å². The van der Waals surface area contributed by atoms with Crippen LogP contribution in [0.4, 0.5) is 0 Å². The molecule has 1 fully saturated rings. The summed E-state index contributed by atoms with van der Waals surface area (Å²) in [5, 5.41) is 5.93. The highest BCUT2D eigenvalue weighted by atomic mass is 16.5. The maximum Gasteiger partial charge on any atom is 0.329 e. The van der Waals surface area contributed by atoms with Crippen molar-refractivity contribution in [2.45, 2.75) is 136 Å². The number of rotatable bonds is 23. The van der Waals surface area contributed by atoms with Crippen molar-refractivity contribution < 1.29 is 38.2 Å². The third-order valence-corrected chi connectivity index (χ3v) is 11.5. The van der Waals surface area contributed by atoms with E-state index in [1.54, 1.807) is 37.8 Å². The Bertz CT molecular complexity index is 1420. The molecule has 0 bridgehead atoms. The number of ether oxygens (including phenoxy) is 3. The van der Waals surface area contributed by atoms with Gasteiger partial charge < -0.3 is 40.4 Å². The first-order valence-electron chi connectivity index (χ1n) is 20.7.